The van der Waals surface area contributed by atoms with E-state index >= 15 is 0 Å². The number of ether oxygens (including phenoxy) is 2. The Labute approximate surface area is 141 Å². The summed E-state index contributed by atoms with van der Waals surface area (Å²) in [6.45, 7) is 6.12. The van der Waals surface area contributed by atoms with Gasteiger partial charge in [-0.3, -0.25) is 0 Å². The molecule has 2 aliphatic heterocycles. The lowest BCUT2D eigenvalue weighted by Crippen LogP contribution is -2.36. The van der Waals surface area contributed by atoms with E-state index in [0.29, 0.717) is 12.5 Å². The number of aromatic nitrogens is 2. The second kappa shape index (κ2) is 6.65. The average Bonchev–Trinajstić information content (AvgIpc) is 3.07. The van der Waals surface area contributed by atoms with Crippen LogP contribution in [0, 0.1) is 0 Å². The molecule has 24 heavy (non-hydrogen) atoms. The van der Waals surface area contributed by atoms with Gasteiger partial charge in [-0.05, 0) is 13.0 Å². The van der Waals surface area contributed by atoms with Crippen LogP contribution in [0.3, 0.4) is 0 Å². The molecule has 0 aliphatic carbocycles. The highest BCUT2D eigenvalue weighted by atomic mass is 16.5. The van der Waals surface area contributed by atoms with Crippen LogP contribution in [0.4, 0.5) is 11.6 Å². The lowest BCUT2D eigenvalue weighted by Gasteiger charge is -2.28. The zero-order chi connectivity index (χ0) is 16.4. The Balaban J connectivity index is 1.47. The Morgan fingerprint density at radius 3 is 2.92 bits per heavy atom. The number of rotatable bonds is 4. The van der Waals surface area contributed by atoms with Gasteiger partial charge in [0.15, 0.2) is 0 Å². The third kappa shape index (κ3) is 3.01. The van der Waals surface area contributed by atoms with Crippen molar-refractivity contribution in [1.82, 2.24) is 9.97 Å². The first-order chi connectivity index (χ1) is 11.8. The third-order valence-corrected chi connectivity index (χ3v) is 4.70. The van der Waals surface area contributed by atoms with E-state index in [1.165, 1.54) is 5.56 Å². The molecule has 0 amide bonds. The molecule has 1 aromatic heterocycles. The van der Waals surface area contributed by atoms with Crippen LogP contribution >= 0.6 is 0 Å². The maximum atomic E-state index is 5.79. The fourth-order valence-electron chi connectivity index (χ4n) is 3.33. The molecule has 1 fully saturated rings. The molecule has 0 radical (unpaired) electrons. The second-order valence-corrected chi connectivity index (χ2v) is 6.25. The zero-order valence-corrected chi connectivity index (χ0v) is 13.8. The number of hydrogen-bond acceptors (Lipinski definition) is 6. The van der Waals surface area contributed by atoms with Crippen LogP contribution in [0.5, 0.6) is 5.75 Å². The molecule has 3 heterocycles. The summed E-state index contributed by atoms with van der Waals surface area (Å²) < 4.78 is 11.2. The number of nitrogens with one attached hydrogen (secondary N) is 1. The van der Waals surface area contributed by atoms with Gasteiger partial charge in [0.2, 0.25) is 0 Å². The molecular formula is C18H22N4O2. The summed E-state index contributed by atoms with van der Waals surface area (Å²) in [6, 6.07) is 10.5. The fraction of sp³-hybridized carbons (Fsp3) is 0.444. The van der Waals surface area contributed by atoms with Gasteiger partial charge < -0.3 is 19.7 Å². The highest BCUT2D eigenvalue weighted by Crippen LogP contribution is 2.36. The summed E-state index contributed by atoms with van der Waals surface area (Å²) in [5.74, 6) is 3.12. The number of anilines is 2. The molecule has 1 N–H and O–H groups in total. The monoisotopic (exact) mass is 326 g/mol. The van der Waals surface area contributed by atoms with E-state index in [2.05, 4.69) is 39.2 Å². The molecule has 2 aromatic rings. The number of para-hydroxylation sites is 1. The van der Waals surface area contributed by atoms with E-state index in [-0.39, 0.29) is 6.04 Å². The minimum atomic E-state index is 0.223. The summed E-state index contributed by atoms with van der Waals surface area (Å²) in [5.41, 5.74) is 1.26. The van der Waals surface area contributed by atoms with Gasteiger partial charge in [-0.1, -0.05) is 18.2 Å². The van der Waals surface area contributed by atoms with Gasteiger partial charge in [-0.25, -0.2) is 9.97 Å². The van der Waals surface area contributed by atoms with Crippen LogP contribution in [-0.4, -0.2) is 48.9 Å². The van der Waals surface area contributed by atoms with Crippen LogP contribution < -0.4 is 15.0 Å². The van der Waals surface area contributed by atoms with Crippen LogP contribution in [0.2, 0.25) is 0 Å². The highest BCUT2D eigenvalue weighted by molar-refractivity contribution is 5.50. The summed E-state index contributed by atoms with van der Waals surface area (Å²) in [7, 11) is 0. The van der Waals surface area contributed by atoms with E-state index in [0.717, 1.165) is 43.7 Å². The molecule has 6 heteroatoms. The van der Waals surface area contributed by atoms with E-state index in [1.807, 2.05) is 18.2 Å². The van der Waals surface area contributed by atoms with Crippen molar-refractivity contribution in [3.63, 3.8) is 0 Å². The topological polar surface area (TPSA) is 59.5 Å². The van der Waals surface area contributed by atoms with Crippen molar-refractivity contribution < 1.29 is 9.47 Å². The molecule has 2 unspecified atom stereocenters. The molecule has 2 atom stereocenters. The molecule has 126 valence electrons. The third-order valence-electron chi connectivity index (χ3n) is 4.70. The van der Waals surface area contributed by atoms with Crippen LogP contribution in [-0.2, 0) is 4.74 Å². The predicted molar refractivity (Wildman–Crippen MR) is 92.8 cm³/mol. The fourth-order valence-corrected chi connectivity index (χ4v) is 3.33. The van der Waals surface area contributed by atoms with Gasteiger partial charge in [0.25, 0.3) is 0 Å². The molecule has 0 bridgehead atoms. The van der Waals surface area contributed by atoms with Gasteiger partial charge in [0.1, 0.15) is 23.7 Å². The van der Waals surface area contributed by atoms with E-state index < -0.39 is 0 Å². The zero-order valence-electron chi connectivity index (χ0n) is 13.8. The van der Waals surface area contributed by atoms with Crippen LogP contribution in [0.15, 0.2) is 36.7 Å². The van der Waals surface area contributed by atoms with Gasteiger partial charge in [0.05, 0.1) is 19.8 Å². The van der Waals surface area contributed by atoms with Crippen molar-refractivity contribution in [1.29, 1.82) is 0 Å². The van der Waals surface area contributed by atoms with E-state index in [1.54, 1.807) is 6.33 Å². The van der Waals surface area contributed by atoms with Crippen molar-refractivity contribution in [2.75, 3.05) is 43.1 Å². The number of hydrogen-bond donors (Lipinski definition) is 1. The van der Waals surface area contributed by atoms with E-state index in [9.17, 15) is 0 Å². The Morgan fingerprint density at radius 2 is 2.04 bits per heavy atom. The maximum Gasteiger partial charge on any atom is 0.134 e. The molecule has 6 nitrogen and oxygen atoms in total. The number of nitrogens with zero attached hydrogens (tertiary/aromatic N) is 3. The minimum Gasteiger partial charge on any atom is -0.493 e. The summed E-state index contributed by atoms with van der Waals surface area (Å²) in [6.07, 6.45) is 1.62. The van der Waals surface area contributed by atoms with Crippen LogP contribution in [0.1, 0.15) is 18.4 Å². The predicted octanol–water partition coefficient (Wildman–Crippen LogP) is 2.29. The van der Waals surface area contributed by atoms with Gasteiger partial charge in [-0.2, -0.15) is 0 Å². The second-order valence-electron chi connectivity index (χ2n) is 6.25. The maximum absolute atomic E-state index is 5.79. The normalized spacial score (nSPS) is 21.0. The minimum absolute atomic E-state index is 0.223. The summed E-state index contributed by atoms with van der Waals surface area (Å²) in [4.78, 5) is 11.0. The molecule has 1 aromatic carbocycles. The Morgan fingerprint density at radius 1 is 1.21 bits per heavy atom. The standard InChI is InChI=1S/C18H22N4O2/c1-13(15-11-24-16-5-3-2-4-14(15)16)21-17-10-18(20-12-19-17)22-6-8-23-9-7-22/h2-5,10,12-13,15H,6-9,11H2,1H3,(H,19,20,21). The number of benzene rings is 1. The van der Waals surface area contributed by atoms with Crippen molar-refractivity contribution in [3.8, 4) is 5.75 Å². The first-order valence-corrected chi connectivity index (χ1v) is 8.44. The van der Waals surface area contributed by atoms with Crippen molar-refractivity contribution in [2.45, 2.75) is 18.9 Å². The number of fused-ring (bicyclic) bond motifs is 1. The Kier molecular flexibility index (Phi) is 4.21. The lowest BCUT2D eigenvalue weighted by atomic mass is 9.94. The van der Waals surface area contributed by atoms with Crippen molar-refractivity contribution in [2.24, 2.45) is 0 Å². The van der Waals surface area contributed by atoms with Gasteiger partial charge in [-0.15, -0.1) is 0 Å². The van der Waals surface area contributed by atoms with Crippen molar-refractivity contribution >= 4 is 11.6 Å². The smallest absolute Gasteiger partial charge is 0.134 e. The summed E-state index contributed by atoms with van der Waals surface area (Å²) in [5, 5.41) is 3.52. The largest absolute Gasteiger partial charge is 0.493 e. The van der Waals surface area contributed by atoms with Gasteiger partial charge in [0, 0.05) is 36.7 Å². The number of morpholine rings is 1. The molecular weight excluding hydrogens is 304 g/mol. The molecule has 0 spiro atoms. The quantitative estimate of drug-likeness (QED) is 0.930. The summed E-state index contributed by atoms with van der Waals surface area (Å²) >= 11 is 0. The molecule has 2 aliphatic rings. The first-order valence-electron chi connectivity index (χ1n) is 8.44. The SMILES string of the molecule is CC(Nc1cc(N2CCOCC2)ncn1)C1COc2ccccc21. The van der Waals surface area contributed by atoms with Crippen molar-refractivity contribution in [3.05, 3.63) is 42.2 Å². The molecule has 4 rings (SSSR count). The molecule has 1 saturated heterocycles. The van der Waals surface area contributed by atoms with Gasteiger partial charge >= 0.3 is 0 Å². The first kappa shape index (κ1) is 15.2. The van der Waals surface area contributed by atoms with Crippen LogP contribution in [0.25, 0.3) is 0 Å². The van der Waals surface area contributed by atoms with E-state index in [4.69, 9.17) is 9.47 Å². The lowest BCUT2D eigenvalue weighted by molar-refractivity contribution is 0.122. The Hall–Kier alpha value is -2.34. The Bertz CT molecular complexity index is 703. The highest BCUT2D eigenvalue weighted by Gasteiger charge is 2.28. The molecule has 0 saturated carbocycles. The average molecular weight is 326 g/mol.